The SMILES string of the molecule is CCCc1nc(N)c(N)c(OC)n1. The molecule has 1 aromatic rings. The van der Waals surface area contributed by atoms with E-state index in [0.29, 0.717) is 17.4 Å². The molecule has 0 atom stereocenters. The Morgan fingerprint density at radius 1 is 1.31 bits per heavy atom. The molecule has 0 amide bonds. The summed E-state index contributed by atoms with van der Waals surface area (Å²) in [6, 6.07) is 0. The highest BCUT2D eigenvalue weighted by Gasteiger charge is 2.08. The summed E-state index contributed by atoms with van der Waals surface area (Å²) in [5.74, 6) is 1.32. The van der Waals surface area contributed by atoms with Crippen LogP contribution in [0.1, 0.15) is 19.2 Å². The molecule has 1 rings (SSSR count). The van der Waals surface area contributed by atoms with Gasteiger partial charge in [-0.2, -0.15) is 4.98 Å². The van der Waals surface area contributed by atoms with Crippen molar-refractivity contribution in [3.8, 4) is 5.88 Å². The highest BCUT2D eigenvalue weighted by molar-refractivity contribution is 5.64. The lowest BCUT2D eigenvalue weighted by Gasteiger charge is -2.07. The summed E-state index contributed by atoms with van der Waals surface area (Å²) in [6.07, 6.45) is 1.74. The quantitative estimate of drug-likeness (QED) is 0.714. The van der Waals surface area contributed by atoms with Crippen LogP contribution in [0, 0.1) is 0 Å². The summed E-state index contributed by atoms with van der Waals surface area (Å²) in [6.45, 7) is 2.04. The Morgan fingerprint density at radius 2 is 2.00 bits per heavy atom. The van der Waals surface area contributed by atoms with Gasteiger partial charge in [-0.25, -0.2) is 4.98 Å². The number of nitrogens with zero attached hydrogens (tertiary/aromatic N) is 2. The van der Waals surface area contributed by atoms with Gasteiger partial charge in [0.25, 0.3) is 0 Å². The van der Waals surface area contributed by atoms with Crippen LogP contribution in [0.25, 0.3) is 0 Å². The second-order valence-corrected chi connectivity index (χ2v) is 2.70. The molecule has 72 valence electrons. The van der Waals surface area contributed by atoms with Crippen molar-refractivity contribution >= 4 is 11.5 Å². The maximum absolute atomic E-state index is 5.58. The number of aromatic nitrogens is 2. The molecule has 0 radical (unpaired) electrons. The number of methoxy groups -OCH3 is 1. The van der Waals surface area contributed by atoms with E-state index >= 15 is 0 Å². The summed E-state index contributed by atoms with van der Waals surface area (Å²) in [7, 11) is 1.51. The van der Waals surface area contributed by atoms with Gasteiger partial charge in [0.1, 0.15) is 11.5 Å². The molecular weight excluding hydrogens is 168 g/mol. The third-order valence-electron chi connectivity index (χ3n) is 1.65. The maximum Gasteiger partial charge on any atom is 0.242 e. The Kier molecular flexibility index (Phi) is 2.89. The fourth-order valence-electron chi connectivity index (χ4n) is 1.00. The Hall–Kier alpha value is -1.52. The fourth-order valence-corrected chi connectivity index (χ4v) is 1.00. The van der Waals surface area contributed by atoms with Crippen molar-refractivity contribution in [3.63, 3.8) is 0 Å². The monoisotopic (exact) mass is 182 g/mol. The van der Waals surface area contributed by atoms with Crippen LogP contribution in [0.2, 0.25) is 0 Å². The van der Waals surface area contributed by atoms with Gasteiger partial charge in [0.2, 0.25) is 5.88 Å². The highest BCUT2D eigenvalue weighted by Crippen LogP contribution is 2.23. The number of anilines is 2. The summed E-state index contributed by atoms with van der Waals surface area (Å²) < 4.78 is 4.96. The van der Waals surface area contributed by atoms with Crippen LogP contribution in [0.3, 0.4) is 0 Å². The third-order valence-corrected chi connectivity index (χ3v) is 1.65. The van der Waals surface area contributed by atoms with Gasteiger partial charge in [-0.05, 0) is 6.42 Å². The summed E-state index contributed by atoms with van der Waals surface area (Å²) in [4.78, 5) is 8.14. The van der Waals surface area contributed by atoms with Crippen molar-refractivity contribution in [2.75, 3.05) is 18.6 Å². The number of ether oxygens (including phenoxy) is 1. The van der Waals surface area contributed by atoms with E-state index in [9.17, 15) is 0 Å². The molecule has 0 unspecified atom stereocenters. The van der Waals surface area contributed by atoms with E-state index in [1.807, 2.05) is 6.92 Å². The molecule has 0 aromatic carbocycles. The Labute approximate surface area is 77.1 Å². The van der Waals surface area contributed by atoms with E-state index in [4.69, 9.17) is 16.2 Å². The largest absolute Gasteiger partial charge is 0.479 e. The van der Waals surface area contributed by atoms with Crippen LogP contribution >= 0.6 is 0 Å². The molecule has 5 nitrogen and oxygen atoms in total. The Morgan fingerprint density at radius 3 is 2.54 bits per heavy atom. The predicted octanol–water partition coefficient (Wildman–Crippen LogP) is 0.602. The van der Waals surface area contributed by atoms with E-state index in [1.165, 1.54) is 7.11 Å². The van der Waals surface area contributed by atoms with Gasteiger partial charge < -0.3 is 16.2 Å². The van der Waals surface area contributed by atoms with Crippen LogP contribution in [0.5, 0.6) is 5.88 Å². The number of nitrogens with two attached hydrogens (primary N) is 2. The van der Waals surface area contributed by atoms with E-state index in [2.05, 4.69) is 9.97 Å². The van der Waals surface area contributed by atoms with Gasteiger partial charge in [-0.15, -0.1) is 0 Å². The first-order chi connectivity index (χ1) is 6.19. The number of hydrogen-bond donors (Lipinski definition) is 2. The molecule has 0 saturated heterocycles. The molecule has 0 saturated carbocycles. The minimum atomic E-state index is 0.287. The van der Waals surface area contributed by atoms with Crippen molar-refractivity contribution in [2.24, 2.45) is 0 Å². The standard InChI is InChI=1S/C8H14N4O/c1-3-4-5-11-7(10)6(9)8(12-5)13-2/h3-4,9H2,1-2H3,(H2,10,11,12). The topological polar surface area (TPSA) is 87.0 Å². The normalized spacial score (nSPS) is 10.0. The zero-order chi connectivity index (χ0) is 9.84. The van der Waals surface area contributed by atoms with Gasteiger partial charge >= 0.3 is 0 Å². The first kappa shape index (κ1) is 9.57. The van der Waals surface area contributed by atoms with Crippen molar-refractivity contribution < 1.29 is 4.74 Å². The predicted molar refractivity (Wildman–Crippen MR) is 51.4 cm³/mol. The zero-order valence-corrected chi connectivity index (χ0v) is 7.87. The molecule has 1 heterocycles. The zero-order valence-electron chi connectivity index (χ0n) is 7.87. The van der Waals surface area contributed by atoms with Crippen molar-refractivity contribution in [1.29, 1.82) is 0 Å². The first-order valence-corrected chi connectivity index (χ1v) is 4.14. The molecule has 0 fully saturated rings. The van der Waals surface area contributed by atoms with Gasteiger partial charge in [0.05, 0.1) is 7.11 Å². The average molecular weight is 182 g/mol. The third kappa shape index (κ3) is 1.99. The maximum atomic E-state index is 5.58. The molecule has 0 spiro atoms. The van der Waals surface area contributed by atoms with Crippen molar-refractivity contribution in [2.45, 2.75) is 19.8 Å². The van der Waals surface area contributed by atoms with Gasteiger partial charge in [-0.1, -0.05) is 6.92 Å². The molecular formula is C8H14N4O. The average Bonchev–Trinajstić information content (AvgIpc) is 2.11. The Balaban J connectivity index is 3.06. The Bertz CT molecular complexity index is 300. The van der Waals surface area contributed by atoms with Gasteiger partial charge in [-0.3, -0.25) is 0 Å². The molecule has 4 N–H and O–H groups in total. The molecule has 0 bridgehead atoms. The summed E-state index contributed by atoms with van der Waals surface area (Å²) >= 11 is 0. The van der Waals surface area contributed by atoms with Crippen LogP contribution in [-0.4, -0.2) is 17.1 Å². The molecule has 0 aliphatic heterocycles. The van der Waals surface area contributed by atoms with Gasteiger partial charge in [0, 0.05) is 6.42 Å². The number of rotatable bonds is 3. The summed E-state index contributed by atoms with van der Waals surface area (Å²) in [5.41, 5.74) is 11.5. The van der Waals surface area contributed by atoms with E-state index < -0.39 is 0 Å². The molecule has 5 heteroatoms. The summed E-state index contributed by atoms with van der Waals surface area (Å²) in [5, 5.41) is 0. The molecule has 13 heavy (non-hydrogen) atoms. The van der Waals surface area contributed by atoms with E-state index in [1.54, 1.807) is 0 Å². The lowest BCUT2D eigenvalue weighted by atomic mass is 10.3. The van der Waals surface area contributed by atoms with Crippen LogP contribution in [0.4, 0.5) is 11.5 Å². The lowest BCUT2D eigenvalue weighted by Crippen LogP contribution is -2.06. The highest BCUT2D eigenvalue weighted by atomic mass is 16.5. The minimum Gasteiger partial charge on any atom is -0.479 e. The van der Waals surface area contributed by atoms with E-state index in [-0.39, 0.29) is 5.82 Å². The molecule has 1 aromatic heterocycles. The fraction of sp³-hybridized carbons (Fsp3) is 0.500. The first-order valence-electron chi connectivity index (χ1n) is 4.14. The van der Waals surface area contributed by atoms with Crippen LogP contribution < -0.4 is 16.2 Å². The van der Waals surface area contributed by atoms with Crippen LogP contribution in [-0.2, 0) is 6.42 Å². The smallest absolute Gasteiger partial charge is 0.242 e. The molecule has 0 aliphatic rings. The van der Waals surface area contributed by atoms with Crippen molar-refractivity contribution in [1.82, 2.24) is 9.97 Å². The number of hydrogen-bond acceptors (Lipinski definition) is 5. The second-order valence-electron chi connectivity index (χ2n) is 2.70. The van der Waals surface area contributed by atoms with Crippen LogP contribution in [0.15, 0.2) is 0 Å². The number of nitrogen functional groups attached to an aromatic ring is 2. The lowest BCUT2D eigenvalue weighted by molar-refractivity contribution is 0.397. The molecule has 0 aliphatic carbocycles. The minimum absolute atomic E-state index is 0.287. The number of aryl methyl sites for hydroxylation is 1. The second kappa shape index (κ2) is 3.93. The van der Waals surface area contributed by atoms with Gasteiger partial charge in [0.15, 0.2) is 5.82 Å². The van der Waals surface area contributed by atoms with E-state index in [0.717, 1.165) is 12.8 Å². The van der Waals surface area contributed by atoms with Crippen molar-refractivity contribution in [3.05, 3.63) is 5.82 Å².